The molecule has 0 saturated carbocycles. The fraction of sp³-hybridized carbons (Fsp3) is 0.468. The molecule has 9 N–H and O–H groups in total. The molecule has 3 aliphatic rings. The number of aromatic nitrogens is 4. The number of thiazole rings is 1. The number of nitrogens with one attached hydrogen (secondary N) is 1. The number of aromatic hydroxyl groups is 1. The molecule has 0 radical (unpaired) electrons. The molecule has 340 valence electrons. The first-order valence-corrected chi connectivity index (χ1v) is 23.3. The molecule has 0 spiro atoms. The number of aliphatic hydroxyl groups is 1. The first-order chi connectivity index (χ1) is 30.7. The van der Waals surface area contributed by atoms with Crippen LogP contribution in [0.15, 0.2) is 64.6 Å². The number of phenolic OH excluding ortho intramolecular Hbond substituents is 1. The van der Waals surface area contributed by atoms with Crippen LogP contribution in [0.25, 0.3) is 22.2 Å². The van der Waals surface area contributed by atoms with Gasteiger partial charge in [0, 0.05) is 63.0 Å². The highest BCUT2D eigenvalue weighted by Gasteiger charge is 2.44. The zero-order valence-corrected chi connectivity index (χ0v) is 37.9. The molecule has 1 unspecified atom stereocenters. The Balaban J connectivity index is 0.838. The smallest absolute Gasteiger partial charge is 0.243 e. The fourth-order valence-electron chi connectivity index (χ4n) is 9.59. The molecule has 17 heteroatoms. The minimum atomic E-state index is -0.810. The molecule has 5 aromatic rings. The molecule has 3 fully saturated rings. The summed E-state index contributed by atoms with van der Waals surface area (Å²) in [6, 6.07) is 15.9. The average molecular weight is 892 g/mol. The maximum Gasteiger partial charge on any atom is 0.243 e. The van der Waals surface area contributed by atoms with Gasteiger partial charge in [0.25, 0.3) is 0 Å². The van der Waals surface area contributed by atoms with Gasteiger partial charge in [0.05, 0.1) is 40.0 Å². The van der Waals surface area contributed by atoms with E-state index in [-0.39, 0.29) is 54.3 Å². The number of amides is 2. The Morgan fingerprint density at radius 3 is 2.41 bits per heavy atom. The number of para-hydroxylation sites is 1. The first kappa shape index (κ1) is 44.7. The molecule has 64 heavy (non-hydrogen) atoms. The van der Waals surface area contributed by atoms with Crippen molar-refractivity contribution in [2.24, 2.45) is 17.6 Å². The van der Waals surface area contributed by atoms with E-state index in [9.17, 15) is 19.8 Å². The number of carbonyl (C=O) groups excluding carboxylic acids is 2. The minimum Gasteiger partial charge on any atom is -0.507 e. The Bertz CT molecular complexity index is 2450. The number of β-amino-alcohol motifs (C(OH)–C–C–N with tert-alkyl or cyclic N) is 1. The number of phenols is 1. The number of nitrogen functional groups attached to an aromatic ring is 2. The van der Waals surface area contributed by atoms with Crippen molar-refractivity contribution in [1.82, 2.24) is 35.0 Å². The summed E-state index contributed by atoms with van der Waals surface area (Å²) in [7, 11) is 0. The number of aliphatic hydroxyl groups excluding tert-OH is 1. The number of piperidine rings is 2. The van der Waals surface area contributed by atoms with Crippen molar-refractivity contribution in [2.75, 3.05) is 55.6 Å². The van der Waals surface area contributed by atoms with Gasteiger partial charge >= 0.3 is 0 Å². The van der Waals surface area contributed by atoms with Crippen LogP contribution in [0.1, 0.15) is 99.2 Å². The number of likely N-dealkylation sites (tertiary alicyclic amines) is 2. The van der Waals surface area contributed by atoms with Gasteiger partial charge in [0.2, 0.25) is 11.8 Å². The molecule has 3 aliphatic heterocycles. The molecular formula is C47H61N11O5S. The fourth-order valence-corrected chi connectivity index (χ4v) is 10.4. The monoisotopic (exact) mass is 891 g/mol. The number of benzene rings is 2. The summed E-state index contributed by atoms with van der Waals surface area (Å²) >= 11 is 1.59. The Morgan fingerprint density at radius 1 is 1.02 bits per heavy atom. The number of rotatable bonds is 13. The number of hydrogen-bond acceptors (Lipinski definition) is 14. The molecule has 0 aliphatic carbocycles. The highest BCUT2D eigenvalue weighted by molar-refractivity contribution is 7.13. The summed E-state index contributed by atoms with van der Waals surface area (Å²) in [5, 5.41) is 33.2. The molecular weight excluding hydrogens is 831 g/mol. The van der Waals surface area contributed by atoms with Crippen molar-refractivity contribution in [3.63, 3.8) is 0 Å². The lowest BCUT2D eigenvalue weighted by Crippen LogP contribution is -2.48. The molecule has 2 aromatic carbocycles. The van der Waals surface area contributed by atoms with E-state index in [1.54, 1.807) is 35.6 Å². The van der Waals surface area contributed by atoms with Crippen LogP contribution in [0.3, 0.4) is 0 Å². The number of aryl methyl sites for hydroxylation is 1. The van der Waals surface area contributed by atoms with Gasteiger partial charge in [-0.1, -0.05) is 55.4 Å². The van der Waals surface area contributed by atoms with Crippen molar-refractivity contribution in [2.45, 2.75) is 89.9 Å². The average Bonchev–Trinajstić information content (AvgIpc) is 4.09. The number of anilines is 3. The Kier molecular flexibility index (Phi) is 13.3. The van der Waals surface area contributed by atoms with E-state index in [4.69, 9.17) is 21.7 Å². The molecule has 2 amide bonds. The maximum absolute atomic E-state index is 14.3. The summed E-state index contributed by atoms with van der Waals surface area (Å²) in [6.45, 7) is 12.4. The van der Waals surface area contributed by atoms with Crippen molar-refractivity contribution < 1.29 is 24.3 Å². The van der Waals surface area contributed by atoms with Crippen LogP contribution in [0, 0.1) is 18.8 Å². The minimum absolute atomic E-state index is 0.0739. The molecule has 16 nitrogen and oxygen atoms in total. The highest BCUT2D eigenvalue weighted by Crippen LogP contribution is 2.36. The number of nitrogens with two attached hydrogens (primary N) is 3. The van der Waals surface area contributed by atoms with Crippen LogP contribution in [-0.2, 0) is 9.59 Å². The quantitative estimate of drug-likeness (QED) is 0.0827. The topological polar surface area (TPSA) is 231 Å². The summed E-state index contributed by atoms with van der Waals surface area (Å²) in [4.78, 5) is 39.8. The van der Waals surface area contributed by atoms with Crippen LogP contribution in [-0.4, -0.2) is 103 Å². The van der Waals surface area contributed by atoms with Gasteiger partial charge in [-0.05, 0) is 80.7 Å². The van der Waals surface area contributed by atoms with E-state index in [0.717, 1.165) is 80.1 Å². The maximum atomic E-state index is 14.3. The predicted octanol–water partition coefficient (Wildman–Crippen LogP) is 5.76. The van der Waals surface area contributed by atoms with Crippen molar-refractivity contribution in [3.8, 4) is 16.2 Å². The van der Waals surface area contributed by atoms with Gasteiger partial charge in [0.1, 0.15) is 23.4 Å². The van der Waals surface area contributed by atoms with E-state index in [2.05, 4.69) is 30.4 Å². The summed E-state index contributed by atoms with van der Waals surface area (Å²) in [5.74, 6) is 0.697. The molecule has 3 saturated heterocycles. The zero-order chi connectivity index (χ0) is 45.2. The van der Waals surface area contributed by atoms with Gasteiger partial charge in [-0.25, -0.2) is 4.98 Å². The SMILES string of the molecule is Cc1ncsc1-c1ccc([C@H](C)NC(=O)[C@@H]2C[C@@H](O)CN2C(=O)C(c2cc(N3CCC(CN4CCC(n5nc(N)c(N)c5/C=C(\N)c5ccccc5O)CC4)CC3)no2)C(C)C)cc1. The number of hydrogen-bond donors (Lipinski definition) is 6. The number of nitrogens with zero attached hydrogens (tertiary/aromatic N) is 7. The predicted molar refractivity (Wildman–Crippen MR) is 250 cm³/mol. The normalized spacial score (nSPS) is 20.2. The lowest BCUT2D eigenvalue weighted by molar-refractivity contribution is -0.141. The number of carbonyl (C=O) groups is 2. The van der Waals surface area contributed by atoms with Crippen LogP contribution >= 0.6 is 11.3 Å². The van der Waals surface area contributed by atoms with Gasteiger partial charge < -0.3 is 52.0 Å². The van der Waals surface area contributed by atoms with Crippen LogP contribution < -0.4 is 27.4 Å². The van der Waals surface area contributed by atoms with E-state index in [1.165, 1.54) is 4.90 Å². The van der Waals surface area contributed by atoms with Gasteiger partial charge in [-0.3, -0.25) is 14.3 Å². The second kappa shape index (κ2) is 19.1. The third-order valence-electron chi connectivity index (χ3n) is 13.3. The molecule has 6 heterocycles. The van der Waals surface area contributed by atoms with Crippen LogP contribution in [0.4, 0.5) is 17.3 Å². The third-order valence-corrected chi connectivity index (χ3v) is 14.3. The van der Waals surface area contributed by atoms with Crippen molar-refractivity contribution in [3.05, 3.63) is 88.4 Å². The molecule has 4 atom stereocenters. The highest BCUT2D eigenvalue weighted by atomic mass is 32.1. The summed E-state index contributed by atoms with van der Waals surface area (Å²) < 4.78 is 7.81. The second-order valence-electron chi connectivity index (χ2n) is 18.0. The van der Waals surface area contributed by atoms with E-state index >= 15 is 0 Å². The Morgan fingerprint density at radius 2 is 1.73 bits per heavy atom. The van der Waals surface area contributed by atoms with Gasteiger partial charge in [0.15, 0.2) is 17.4 Å². The summed E-state index contributed by atoms with van der Waals surface area (Å²) in [6.07, 6.45) is 4.87. The van der Waals surface area contributed by atoms with E-state index < -0.39 is 18.1 Å². The van der Waals surface area contributed by atoms with Crippen molar-refractivity contribution in [1.29, 1.82) is 0 Å². The Hall–Kier alpha value is -5.91. The first-order valence-electron chi connectivity index (χ1n) is 22.4. The third kappa shape index (κ3) is 9.47. The molecule has 3 aromatic heterocycles. The zero-order valence-electron chi connectivity index (χ0n) is 37.1. The standard InChI is InChI=1S/C47H61N11O5S/c1-27(2)42(47(62)57-25-34(59)21-38(57)46(61)52-28(3)31-9-11-32(12-10-31)44-29(4)51-26-64-44)40-23-41(54-63-40)56-19-13-30(14-20-56)24-55-17-15-33(16-18-55)58-37(43(49)45(50)53-58)22-36(48)35-7-5-6-8-39(35)60/h5-12,22-23,26-28,30,33-34,38,42,59-60H,13-21,24-25,48-49H2,1-4H3,(H2,50,53)(H,52,61)/b36-22-/t28-,34+,38-,42?/m0/s1. The van der Waals surface area contributed by atoms with Gasteiger partial charge in [-0.15, -0.1) is 11.3 Å². The second-order valence-corrected chi connectivity index (χ2v) is 18.9. The largest absolute Gasteiger partial charge is 0.507 e. The van der Waals surface area contributed by atoms with E-state index in [1.807, 2.05) is 74.3 Å². The van der Waals surface area contributed by atoms with Crippen LogP contribution in [0.5, 0.6) is 5.75 Å². The summed E-state index contributed by atoms with van der Waals surface area (Å²) in [5.41, 5.74) is 25.7. The lowest BCUT2D eigenvalue weighted by atomic mass is 9.91. The van der Waals surface area contributed by atoms with Gasteiger partial charge in [-0.2, -0.15) is 5.10 Å². The van der Waals surface area contributed by atoms with Crippen molar-refractivity contribution >= 4 is 52.2 Å². The Labute approximate surface area is 378 Å². The molecule has 8 rings (SSSR count). The van der Waals surface area contributed by atoms with Crippen LogP contribution in [0.2, 0.25) is 0 Å². The molecule has 0 bridgehead atoms. The van der Waals surface area contributed by atoms with E-state index in [0.29, 0.717) is 40.1 Å². The lowest BCUT2D eigenvalue weighted by Gasteiger charge is -2.37.